The highest BCUT2D eigenvalue weighted by molar-refractivity contribution is 5.88. The maximum absolute atomic E-state index is 13.1. The van der Waals surface area contributed by atoms with Gasteiger partial charge in [-0.25, -0.2) is 4.39 Å². The second-order valence-electron chi connectivity index (χ2n) is 5.04. The average Bonchev–Trinajstić information content (AvgIpc) is 2.44. The first-order chi connectivity index (χ1) is 10.0. The molecule has 21 heavy (non-hydrogen) atoms. The van der Waals surface area contributed by atoms with Crippen LogP contribution in [-0.4, -0.2) is 5.91 Å². The summed E-state index contributed by atoms with van der Waals surface area (Å²) >= 11 is 0. The van der Waals surface area contributed by atoms with Crippen molar-refractivity contribution in [3.8, 4) is 0 Å². The van der Waals surface area contributed by atoms with E-state index in [1.54, 1.807) is 6.07 Å². The lowest BCUT2D eigenvalue weighted by Gasteiger charge is -2.15. The van der Waals surface area contributed by atoms with Crippen LogP contribution in [-0.2, 0) is 11.3 Å². The largest absolute Gasteiger partial charge is 0.326 e. The lowest BCUT2D eigenvalue weighted by atomic mass is 10.1. The fourth-order valence-corrected chi connectivity index (χ4v) is 2.12. The van der Waals surface area contributed by atoms with Gasteiger partial charge in [0, 0.05) is 25.2 Å². The van der Waals surface area contributed by atoms with E-state index in [4.69, 9.17) is 0 Å². The summed E-state index contributed by atoms with van der Waals surface area (Å²) in [5, 5.41) is 6.11. The molecular weight excluding hydrogens is 267 g/mol. The summed E-state index contributed by atoms with van der Waals surface area (Å²) in [5.74, 6) is -0.317. The van der Waals surface area contributed by atoms with Gasteiger partial charge in [0.2, 0.25) is 5.91 Å². The van der Waals surface area contributed by atoms with Gasteiger partial charge in [-0.05, 0) is 42.3 Å². The van der Waals surface area contributed by atoms with Crippen molar-refractivity contribution in [1.29, 1.82) is 0 Å². The van der Waals surface area contributed by atoms with Crippen molar-refractivity contribution < 1.29 is 9.18 Å². The molecule has 1 atom stereocenters. The number of nitrogens with one attached hydrogen (secondary N) is 2. The van der Waals surface area contributed by atoms with E-state index in [0.29, 0.717) is 6.54 Å². The van der Waals surface area contributed by atoms with E-state index in [-0.39, 0.29) is 17.8 Å². The average molecular weight is 286 g/mol. The minimum absolute atomic E-state index is 0.0903. The topological polar surface area (TPSA) is 41.1 Å². The Bertz CT molecular complexity index is 628. The van der Waals surface area contributed by atoms with Crippen LogP contribution in [0.15, 0.2) is 48.5 Å². The summed E-state index contributed by atoms with van der Waals surface area (Å²) in [4.78, 5) is 11.1. The van der Waals surface area contributed by atoms with Gasteiger partial charge in [-0.15, -0.1) is 0 Å². The maximum atomic E-state index is 13.1. The molecule has 1 amide bonds. The summed E-state index contributed by atoms with van der Waals surface area (Å²) in [7, 11) is 0. The molecule has 0 bridgehead atoms. The van der Waals surface area contributed by atoms with E-state index in [0.717, 1.165) is 16.8 Å². The van der Waals surface area contributed by atoms with Crippen LogP contribution in [0, 0.1) is 5.82 Å². The Balaban J connectivity index is 1.99. The third-order valence-electron chi connectivity index (χ3n) is 3.21. The van der Waals surface area contributed by atoms with Crippen LogP contribution >= 0.6 is 0 Å². The highest BCUT2D eigenvalue weighted by atomic mass is 19.1. The van der Waals surface area contributed by atoms with Crippen molar-refractivity contribution in [2.24, 2.45) is 0 Å². The Labute approximate surface area is 124 Å². The van der Waals surface area contributed by atoms with E-state index in [9.17, 15) is 9.18 Å². The zero-order chi connectivity index (χ0) is 15.2. The van der Waals surface area contributed by atoms with Crippen molar-refractivity contribution in [1.82, 2.24) is 5.32 Å². The number of carbonyl (C=O) groups excluding carboxylic acids is 1. The Hall–Kier alpha value is -2.20. The molecule has 1 unspecified atom stereocenters. The first kappa shape index (κ1) is 15.2. The SMILES string of the molecule is CC(=O)Nc1cccc(C(C)NCc2cccc(F)c2)c1. The van der Waals surface area contributed by atoms with Gasteiger partial charge in [-0.1, -0.05) is 24.3 Å². The molecule has 0 saturated heterocycles. The Kier molecular flexibility index (Phi) is 5.06. The Morgan fingerprint density at radius 2 is 1.95 bits per heavy atom. The van der Waals surface area contributed by atoms with Crippen LogP contribution in [0.5, 0.6) is 0 Å². The van der Waals surface area contributed by atoms with Gasteiger partial charge in [0.05, 0.1) is 0 Å². The molecule has 0 saturated carbocycles. The third kappa shape index (κ3) is 4.68. The molecule has 2 N–H and O–H groups in total. The molecule has 110 valence electrons. The van der Waals surface area contributed by atoms with Gasteiger partial charge in [0.1, 0.15) is 5.82 Å². The predicted molar refractivity (Wildman–Crippen MR) is 82.4 cm³/mol. The number of rotatable bonds is 5. The van der Waals surface area contributed by atoms with E-state index in [2.05, 4.69) is 10.6 Å². The van der Waals surface area contributed by atoms with Crippen LogP contribution in [0.3, 0.4) is 0 Å². The molecule has 0 aliphatic rings. The lowest BCUT2D eigenvalue weighted by molar-refractivity contribution is -0.114. The molecule has 0 fully saturated rings. The second-order valence-corrected chi connectivity index (χ2v) is 5.04. The summed E-state index contributed by atoms with van der Waals surface area (Å²) in [6.07, 6.45) is 0. The molecule has 0 heterocycles. The van der Waals surface area contributed by atoms with E-state index in [1.807, 2.05) is 37.3 Å². The minimum atomic E-state index is -0.227. The van der Waals surface area contributed by atoms with E-state index >= 15 is 0 Å². The van der Waals surface area contributed by atoms with Gasteiger partial charge in [-0.3, -0.25) is 4.79 Å². The fraction of sp³-hybridized carbons (Fsp3) is 0.235. The third-order valence-corrected chi connectivity index (χ3v) is 3.21. The summed E-state index contributed by atoms with van der Waals surface area (Å²) in [5.41, 5.74) is 2.75. The number of anilines is 1. The van der Waals surface area contributed by atoms with Crippen LogP contribution in [0.1, 0.15) is 31.0 Å². The molecule has 0 aliphatic heterocycles. The number of halogens is 1. The summed E-state index contributed by atoms with van der Waals surface area (Å²) in [6.45, 7) is 4.10. The normalized spacial score (nSPS) is 12.0. The van der Waals surface area contributed by atoms with Crippen molar-refractivity contribution in [3.05, 3.63) is 65.5 Å². The minimum Gasteiger partial charge on any atom is -0.326 e. The fourth-order valence-electron chi connectivity index (χ4n) is 2.12. The molecular formula is C17H19FN2O. The van der Waals surface area contributed by atoms with Gasteiger partial charge in [-0.2, -0.15) is 0 Å². The molecule has 0 spiro atoms. The highest BCUT2D eigenvalue weighted by Crippen LogP contribution is 2.18. The molecule has 2 aromatic carbocycles. The van der Waals surface area contributed by atoms with Crippen molar-refractivity contribution in [3.63, 3.8) is 0 Å². The quantitative estimate of drug-likeness (QED) is 0.881. The van der Waals surface area contributed by atoms with Gasteiger partial charge < -0.3 is 10.6 Å². The van der Waals surface area contributed by atoms with Gasteiger partial charge >= 0.3 is 0 Å². The standard InChI is InChI=1S/C17H19FN2O/c1-12(19-11-14-5-3-7-16(18)9-14)15-6-4-8-17(10-15)20-13(2)21/h3-10,12,19H,11H2,1-2H3,(H,20,21). The molecule has 0 radical (unpaired) electrons. The molecule has 3 nitrogen and oxygen atoms in total. The van der Waals surface area contributed by atoms with Crippen molar-refractivity contribution in [2.45, 2.75) is 26.4 Å². The zero-order valence-corrected chi connectivity index (χ0v) is 12.2. The Morgan fingerprint density at radius 1 is 1.19 bits per heavy atom. The lowest BCUT2D eigenvalue weighted by Crippen LogP contribution is -2.18. The van der Waals surface area contributed by atoms with E-state index < -0.39 is 0 Å². The zero-order valence-electron chi connectivity index (χ0n) is 12.2. The number of amides is 1. The summed E-state index contributed by atoms with van der Waals surface area (Å²) < 4.78 is 13.1. The molecule has 0 aromatic heterocycles. The van der Waals surface area contributed by atoms with Gasteiger partial charge in [0.15, 0.2) is 0 Å². The predicted octanol–water partition coefficient (Wildman–Crippen LogP) is 3.63. The number of carbonyl (C=O) groups is 1. The van der Waals surface area contributed by atoms with Gasteiger partial charge in [0.25, 0.3) is 0 Å². The monoisotopic (exact) mass is 286 g/mol. The smallest absolute Gasteiger partial charge is 0.221 e. The van der Waals surface area contributed by atoms with Crippen LogP contribution < -0.4 is 10.6 Å². The Morgan fingerprint density at radius 3 is 2.67 bits per heavy atom. The highest BCUT2D eigenvalue weighted by Gasteiger charge is 2.06. The number of hydrogen-bond acceptors (Lipinski definition) is 2. The van der Waals surface area contributed by atoms with Crippen molar-refractivity contribution >= 4 is 11.6 Å². The van der Waals surface area contributed by atoms with E-state index in [1.165, 1.54) is 19.1 Å². The van der Waals surface area contributed by atoms with Crippen molar-refractivity contribution in [2.75, 3.05) is 5.32 Å². The second kappa shape index (κ2) is 6.99. The van der Waals surface area contributed by atoms with Crippen LogP contribution in [0.25, 0.3) is 0 Å². The number of hydrogen-bond donors (Lipinski definition) is 2. The molecule has 0 aliphatic carbocycles. The van der Waals surface area contributed by atoms with Crippen LogP contribution in [0.4, 0.5) is 10.1 Å². The van der Waals surface area contributed by atoms with Crippen LogP contribution in [0.2, 0.25) is 0 Å². The maximum Gasteiger partial charge on any atom is 0.221 e. The first-order valence-corrected chi connectivity index (χ1v) is 6.90. The molecule has 2 rings (SSSR count). The molecule has 2 aromatic rings. The first-order valence-electron chi connectivity index (χ1n) is 6.90. The molecule has 4 heteroatoms. The summed E-state index contributed by atoms with van der Waals surface area (Å²) in [6, 6.07) is 14.3. The number of benzene rings is 2.